The number of aromatic hydroxyl groups is 1. The zero-order chi connectivity index (χ0) is 13.1. The van der Waals surface area contributed by atoms with E-state index in [-0.39, 0.29) is 0 Å². The van der Waals surface area contributed by atoms with Crippen LogP contribution in [0, 0.1) is 0 Å². The van der Waals surface area contributed by atoms with Crippen molar-refractivity contribution in [2.45, 2.75) is 32.4 Å². The lowest BCUT2D eigenvalue weighted by molar-refractivity contribution is 0.153. The summed E-state index contributed by atoms with van der Waals surface area (Å²) >= 11 is 0. The van der Waals surface area contributed by atoms with Crippen LogP contribution in [0.4, 0.5) is 0 Å². The van der Waals surface area contributed by atoms with Crippen molar-refractivity contribution < 1.29 is 5.11 Å². The number of rotatable bonds is 2. The molecule has 2 atom stereocenters. The topological polar surface area (TPSA) is 26.7 Å². The molecule has 1 aliphatic rings. The van der Waals surface area contributed by atoms with Crippen LogP contribution in [0.5, 0.6) is 5.75 Å². The molecule has 1 aliphatic heterocycles. The summed E-state index contributed by atoms with van der Waals surface area (Å²) in [6, 6.07) is 8.59. The zero-order valence-corrected chi connectivity index (χ0v) is 11.6. The molecule has 3 nitrogen and oxygen atoms in total. The number of hydrogen-bond acceptors (Lipinski definition) is 3. The van der Waals surface area contributed by atoms with E-state index < -0.39 is 0 Å². The summed E-state index contributed by atoms with van der Waals surface area (Å²) in [5, 5.41) is 9.36. The molecule has 0 bridgehead atoms. The standard InChI is InChI=1S/C15H24N2O/c1-12-11-16(3)9-4-10-17(12)13(2)14-5-7-15(18)8-6-14/h5-8,12-13,18H,4,9-11H2,1-3H3. The molecule has 1 saturated heterocycles. The minimum atomic E-state index is 0.342. The number of likely N-dealkylation sites (N-methyl/N-ethyl adjacent to an activating group) is 1. The molecular formula is C15H24N2O. The summed E-state index contributed by atoms with van der Waals surface area (Å²) in [5.41, 5.74) is 1.28. The maximum Gasteiger partial charge on any atom is 0.115 e. The molecule has 1 fully saturated rings. The Morgan fingerprint density at radius 3 is 2.56 bits per heavy atom. The zero-order valence-electron chi connectivity index (χ0n) is 11.6. The van der Waals surface area contributed by atoms with Crippen LogP contribution in [0.25, 0.3) is 0 Å². The van der Waals surface area contributed by atoms with Crippen molar-refractivity contribution in [3.8, 4) is 5.75 Å². The number of phenols is 1. The van der Waals surface area contributed by atoms with Gasteiger partial charge in [0.15, 0.2) is 0 Å². The lowest BCUT2D eigenvalue weighted by Gasteiger charge is -2.33. The summed E-state index contributed by atoms with van der Waals surface area (Å²) < 4.78 is 0. The van der Waals surface area contributed by atoms with Crippen molar-refractivity contribution in [1.29, 1.82) is 0 Å². The molecule has 0 radical (unpaired) electrons. The molecule has 0 saturated carbocycles. The highest BCUT2D eigenvalue weighted by Gasteiger charge is 2.24. The van der Waals surface area contributed by atoms with Gasteiger partial charge in [0, 0.05) is 25.2 Å². The van der Waals surface area contributed by atoms with Gasteiger partial charge in [-0.2, -0.15) is 0 Å². The maximum atomic E-state index is 9.36. The molecule has 18 heavy (non-hydrogen) atoms. The maximum absolute atomic E-state index is 9.36. The SMILES string of the molecule is CC1CN(C)CCCN1C(C)c1ccc(O)cc1. The Kier molecular flexibility index (Phi) is 4.25. The first-order valence-electron chi connectivity index (χ1n) is 6.81. The molecular weight excluding hydrogens is 224 g/mol. The van der Waals surface area contributed by atoms with Crippen molar-refractivity contribution in [3.63, 3.8) is 0 Å². The second-order valence-corrected chi connectivity index (χ2v) is 5.47. The molecule has 3 heteroatoms. The average Bonchev–Trinajstić information content (AvgIpc) is 2.50. The molecule has 100 valence electrons. The van der Waals surface area contributed by atoms with Gasteiger partial charge < -0.3 is 10.0 Å². The van der Waals surface area contributed by atoms with Gasteiger partial charge in [0.2, 0.25) is 0 Å². The Morgan fingerprint density at radius 1 is 1.22 bits per heavy atom. The first kappa shape index (κ1) is 13.4. The molecule has 0 spiro atoms. The fourth-order valence-electron chi connectivity index (χ4n) is 2.91. The van der Waals surface area contributed by atoms with Crippen molar-refractivity contribution >= 4 is 0 Å². The van der Waals surface area contributed by atoms with Gasteiger partial charge in [-0.15, -0.1) is 0 Å². The third-order valence-electron chi connectivity index (χ3n) is 3.97. The summed E-state index contributed by atoms with van der Waals surface area (Å²) in [7, 11) is 2.20. The van der Waals surface area contributed by atoms with Crippen molar-refractivity contribution in [3.05, 3.63) is 29.8 Å². The molecule has 2 rings (SSSR count). The normalized spacial score (nSPS) is 24.7. The van der Waals surface area contributed by atoms with E-state index in [9.17, 15) is 5.11 Å². The highest BCUT2D eigenvalue weighted by molar-refractivity contribution is 5.27. The van der Waals surface area contributed by atoms with Crippen LogP contribution in [0.1, 0.15) is 31.9 Å². The number of benzene rings is 1. The summed E-state index contributed by atoms with van der Waals surface area (Å²) in [6.07, 6.45) is 1.23. The Morgan fingerprint density at radius 2 is 1.89 bits per heavy atom. The van der Waals surface area contributed by atoms with Gasteiger partial charge in [0.1, 0.15) is 5.75 Å². The van der Waals surface area contributed by atoms with Gasteiger partial charge in [-0.05, 0) is 51.6 Å². The first-order valence-corrected chi connectivity index (χ1v) is 6.81. The van der Waals surface area contributed by atoms with Gasteiger partial charge in [0.05, 0.1) is 0 Å². The lowest BCUT2D eigenvalue weighted by Crippen LogP contribution is -2.39. The summed E-state index contributed by atoms with van der Waals surface area (Å²) in [4.78, 5) is 4.98. The minimum Gasteiger partial charge on any atom is -0.508 e. The molecule has 1 aromatic carbocycles. The average molecular weight is 248 g/mol. The highest BCUT2D eigenvalue weighted by atomic mass is 16.3. The van der Waals surface area contributed by atoms with E-state index in [4.69, 9.17) is 0 Å². The predicted octanol–water partition coefficient (Wildman–Crippen LogP) is 2.48. The van der Waals surface area contributed by atoms with E-state index in [1.165, 1.54) is 18.5 Å². The molecule has 1 heterocycles. The fraction of sp³-hybridized carbons (Fsp3) is 0.600. The smallest absolute Gasteiger partial charge is 0.115 e. The molecule has 2 unspecified atom stereocenters. The van der Waals surface area contributed by atoms with Crippen LogP contribution < -0.4 is 0 Å². The van der Waals surface area contributed by atoms with Gasteiger partial charge in [-0.1, -0.05) is 12.1 Å². The number of hydrogen-bond donors (Lipinski definition) is 1. The third kappa shape index (κ3) is 3.03. The molecule has 0 aliphatic carbocycles. The van der Waals surface area contributed by atoms with Crippen molar-refractivity contribution in [2.75, 3.05) is 26.7 Å². The Hall–Kier alpha value is -1.06. The van der Waals surface area contributed by atoms with Gasteiger partial charge in [-0.3, -0.25) is 4.90 Å². The Balaban J connectivity index is 2.11. The Bertz CT molecular complexity index is 377. The van der Waals surface area contributed by atoms with E-state index in [1.807, 2.05) is 12.1 Å². The minimum absolute atomic E-state index is 0.342. The van der Waals surface area contributed by atoms with Gasteiger partial charge in [-0.25, -0.2) is 0 Å². The molecule has 0 aromatic heterocycles. The highest BCUT2D eigenvalue weighted by Crippen LogP contribution is 2.25. The molecule has 1 N–H and O–H groups in total. The van der Waals surface area contributed by atoms with Gasteiger partial charge in [0.25, 0.3) is 0 Å². The van der Waals surface area contributed by atoms with Crippen LogP contribution in [0.3, 0.4) is 0 Å². The number of nitrogens with zero attached hydrogens (tertiary/aromatic N) is 2. The second kappa shape index (κ2) is 5.72. The summed E-state index contributed by atoms with van der Waals surface area (Å²) in [5.74, 6) is 0.342. The van der Waals surface area contributed by atoms with Gasteiger partial charge >= 0.3 is 0 Å². The second-order valence-electron chi connectivity index (χ2n) is 5.47. The van der Waals surface area contributed by atoms with Crippen LogP contribution in [-0.2, 0) is 0 Å². The fourth-order valence-corrected chi connectivity index (χ4v) is 2.91. The van der Waals surface area contributed by atoms with E-state index in [1.54, 1.807) is 12.1 Å². The Labute approximate surface area is 110 Å². The monoisotopic (exact) mass is 248 g/mol. The van der Waals surface area contributed by atoms with Crippen LogP contribution in [0.2, 0.25) is 0 Å². The summed E-state index contributed by atoms with van der Waals surface area (Å²) in [6.45, 7) is 8.02. The van der Waals surface area contributed by atoms with E-state index in [0.29, 0.717) is 17.8 Å². The van der Waals surface area contributed by atoms with E-state index in [0.717, 1.165) is 13.1 Å². The number of phenolic OH excluding ortho intramolecular Hbond substituents is 1. The third-order valence-corrected chi connectivity index (χ3v) is 3.97. The van der Waals surface area contributed by atoms with Crippen LogP contribution >= 0.6 is 0 Å². The van der Waals surface area contributed by atoms with E-state index in [2.05, 4.69) is 30.7 Å². The molecule has 1 aromatic rings. The van der Waals surface area contributed by atoms with Crippen LogP contribution in [-0.4, -0.2) is 47.6 Å². The molecule has 0 amide bonds. The van der Waals surface area contributed by atoms with Crippen molar-refractivity contribution in [1.82, 2.24) is 9.80 Å². The van der Waals surface area contributed by atoms with E-state index >= 15 is 0 Å². The lowest BCUT2D eigenvalue weighted by atomic mass is 10.0. The van der Waals surface area contributed by atoms with Crippen LogP contribution in [0.15, 0.2) is 24.3 Å². The first-order chi connectivity index (χ1) is 8.58. The largest absolute Gasteiger partial charge is 0.508 e. The predicted molar refractivity (Wildman–Crippen MR) is 74.8 cm³/mol. The quantitative estimate of drug-likeness (QED) is 0.871. The van der Waals surface area contributed by atoms with Crippen molar-refractivity contribution in [2.24, 2.45) is 0 Å².